The molecule has 0 amide bonds. The van der Waals surface area contributed by atoms with Crippen LogP contribution in [0, 0.1) is 6.92 Å². The van der Waals surface area contributed by atoms with E-state index in [4.69, 9.17) is 4.52 Å². The molecule has 0 aromatic carbocycles. The quantitative estimate of drug-likeness (QED) is 0.721. The largest absolute Gasteiger partial charge is 0.337 e. The van der Waals surface area contributed by atoms with Crippen LogP contribution >= 0.6 is 11.3 Å². The van der Waals surface area contributed by atoms with Gasteiger partial charge in [0, 0.05) is 24.3 Å². The Labute approximate surface area is 143 Å². The van der Waals surface area contributed by atoms with Gasteiger partial charge in [-0.2, -0.15) is 4.98 Å². The van der Waals surface area contributed by atoms with Crippen LogP contribution in [-0.4, -0.2) is 36.5 Å². The molecule has 4 heterocycles. The first-order valence-electron chi connectivity index (χ1n) is 8.05. The van der Waals surface area contributed by atoms with E-state index in [9.17, 15) is 0 Å². The summed E-state index contributed by atoms with van der Waals surface area (Å²) in [5.41, 5.74) is 1.11. The minimum absolute atomic E-state index is 0.130. The summed E-state index contributed by atoms with van der Waals surface area (Å²) in [4.78, 5) is 19.8. The summed E-state index contributed by atoms with van der Waals surface area (Å²) >= 11 is 1.69. The maximum absolute atomic E-state index is 5.53. The first kappa shape index (κ1) is 15.3. The monoisotopic (exact) mass is 342 g/mol. The summed E-state index contributed by atoms with van der Waals surface area (Å²) in [7, 11) is 0. The Morgan fingerprint density at radius 3 is 2.88 bits per heavy atom. The van der Waals surface area contributed by atoms with Crippen molar-refractivity contribution in [2.75, 3.05) is 6.54 Å². The van der Waals surface area contributed by atoms with E-state index in [0.717, 1.165) is 36.6 Å². The lowest BCUT2D eigenvalue weighted by Gasteiger charge is -2.32. The van der Waals surface area contributed by atoms with Crippen LogP contribution in [-0.2, 0) is 6.54 Å². The first-order valence-corrected chi connectivity index (χ1v) is 8.93. The molecule has 0 bridgehead atoms. The highest BCUT2D eigenvalue weighted by Gasteiger charge is 2.29. The van der Waals surface area contributed by atoms with Crippen molar-refractivity contribution in [3.63, 3.8) is 0 Å². The molecule has 7 nitrogen and oxygen atoms in total. The Morgan fingerprint density at radius 2 is 2.08 bits per heavy atom. The zero-order chi connectivity index (χ0) is 16.4. The molecule has 8 heteroatoms. The molecule has 1 atom stereocenters. The summed E-state index contributed by atoms with van der Waals surface area (Å²) in [6.45, 7) is 3.86. The molecule has 4 rings (SSSR count). The molecule has 0 spiro atoms. The van der Waals surface area contributed by atoms with E-state index in [2.05, 4.69) is 35.4 Å². The number of hydrogen-bond donors (Lipinski definition) is 0. The van der Waals surface area contributed by atoms with E-state index >= 15 is 0 Å². The van der Waals surface area contributed by atoms with Gasteiger partial charge in [-0.15, -0.1) is 11.3 Å². The predicted octanol–water partition coefficient (Wildman–Crippen LogP) is 3.02. The molecule has 0 saturated carbocycles. The van der Waals surface area contributed by atoms with Crippen molar-refractivity contribution in [2.24, 2.45) is 0 Å². The molecule has 1 aliphatic heterocycles. The van der Waals surface area contributed by atoms with Crippen LogP contribution in [0.1, 0.15) is 41.9 Å². The number of rotatable bonds is 4. The van der Waals surface area contributed by atoms with Crippen molar-refractivity contribution >= 4 is 11.3 Å². The molecule has 0 aliphatic carbocycles. The third-order valence-electron chi connectivity index (χ3n) is 4.14. The van der Waals surface area contributed by atoms with Crippen molar-refractivity contribution < 1.29 is 4.52 Å². The number of likely N-dealkylation sites (tertiary alicyclic amines) is 1. The highest BCUT2D eigenvalue weighted by molar-refractivity contribution is 7.09. The molecule has 0 N–H and O–H groups in total. The van der Waals surface area contributed by atoms with Crippen LogP contribution in [0.4, 0.5) is 0 Å². The van der Waals surface area contributed by atoms with Gasteiger partial charge in [-0.1, -0.05) is 11.6 Å². The van der Waals surface area contributed by atoms with Gasteiger partial charge in [0.25, 0.3) is 0 Å². The summed E-state index contributed by atoms with van der Waals surface area (Å²) in [5, 5.41) is 7.28. The fourth-order valence-electron chi connectivity index (χ4n) is 3.02. The highest BCUT2D eigenvalue weighted by Crippen LogP contribution is 2.32. The SMILES string of the molecule is Cc1nc(CN2CCCC[C@@H]2c2nc(-c3ncccn3)no2)cs1. The third kappa shape index (κ3) is 3.20. The van der Waals surface area contributed by atoms with Gasteiger partial charge >= 0.3 is 0 Å². The smallest absolute Gasteiger partial charge is 0.244 e. The normalized spacial score (nSPS) is 18.8. The molecular weight excluding hydrogens is 324 g/mol. The van der Waals surface area contributed by atoms with E-state index in [-0.39, 0.29) is 6.04 Å². The van der Waals surface area contributed by atoms with Crippen LogP contribution in [0.2, 0.25) is 0 Å². The fourth-order valence-corrected chi connectivity index (χ4v) is 3.63. The Balaban J connectivity index is 1.55. The molecule has 0 unspecified atom stereocenters. The lowest BCUT2D eigenvalue weighted by molar-refractivity contribution is 0.110. The van der Waals surface area contributed by atoms with Gasteiger partial charge < -0.3 is 4.52 Å². The highest BCUT2D eigenvalue weighted by atomic mass is 32.1. The van der Waals surface area contributed by atoms with E-state index < -0.39 is 0 Å². The van der Waals surface area contributed by atoms with Crippen LogP contribution in [0.3, 0.4) is 0 Å². The minimum Gasteiger partial charge on any atom is -0.337 e. The molecule has 1 aliphatic rings. The first-order chi connectivity index (χ1) is 11.8. The van der Waals surface area contributed by atoms with Gasteiger partial charge in [0.05, 0.1) is 16.7 Å². The Kier molecular flexibility index (Phi) is 4.31. The van der Waals surface area contributed by atoms with Gasteiger partial charge in [-0.05, 0) is 32.4 Å². The Morgan fingerprint density at radius 1 is 1.21 bits per heavy atom. The lowest BCUT2D eigenvalue weighted by atomic mass is 10.0. The standard InChI is InChI=1S/C16H18N6OS/c1-11-19-12(10-24-11)9-22-8-3-2-5-13(22)16-20-15(21-23-16)14-17-6-4-7-18-14/h4,6-7,10,13H,2-3,5,8-9H2,1H3/t13-/m1/s1. The summed E-state index contributed by atoms with van der Waals surface area (Å²) < 4.78 is 5.53. The molecule has 1 fully saturated rings. The second kappa shape index (κ2) is 6.74. The van der Waals surface area contributed by atoms with E-state index in [0.29, 0.717) is 17.5 Å². The predicted molar refractivity (Wildman–Crippen MR) is 89.2 cm³/mol. The maximum Gasteiger partial charge on any atom is 0.244 e. The minimum atomic E-state index is 0.130. The fraction of sp³-hybridized carbons (Fsp3) is 0.438. The van der Waals surface area contributed by atoms with Gasteiger partial charge in [0.15, 0.2) is 0 Å². The second-order valence-corrected chi connectivity index (χ2v) is 6.93. The lowest BCUT2D eigenvalue weighted by Crippen LogP contribution is -2.33. The molecule has 3 aromatic rings. The molecule has 24 heavy (non-hydrogen) atoms. The zero-order valence-electron chi connectivity index (χ0n) is 13.4. The van der Waals surface area contributed by atoms with Gasteiger partial charge in [-0.25, -0.2) is 15.0 Å². The zero-order valence-corrected chi connectivity index (χ0v) is 14.2. The average Bonchev–Trinajstić information content (AvgIpc) is 3.26. The second-order valence-electron chi connectivity index (χ2n) is 5.87. The molecule has 3 aromatic heterocycles. The number of piperidine rings is 1. The van der Waals surface area contributed by atoms with Crippen LogP contribution in [0.5, 0.6) is 0 Å². The van der Waals surface area contributed by atoms with Gasteiger partial charge in [0.2, 0.25) is 17.5 Å². The average molecular weight is 342 g/mol. The number of aryl methyl sites for hydroxylation is 1. The number of thiazole rings is 1. The maximum atomic E-state index is 5.53. The van der Waals surface area contributed by atoms with Crippen molar-refractivity contribution in [3.05, 3.63) is 40.4 Å². The summed E-state index contributed by atoms with van der Waals surface area (Å²) in [6, 6.07) is 1.90. The van der Waals surface area contributed by atoms with Gasteiger partial charge in [0.1, 0.15) is 0 Å². The van der Waals surface area contributed by atoms with Crippen LogP contribution < -0.4 is 0 Å². The molecule has 1 saturated heterocycles. The van der Waals surface area contributed by atoms with Crippen LogP contribution in [0.15, 0.2) is 28.4 Å². The van der Waals surface area contributed by atoms with Crippen molar-refractivity contribution in [2.45, 2.75) is 38.8 Å². The summed E-state index contributed by atoms with van der Waals surface area (Å²) in [6.07, 6.45) is 6.71. The topological polar surface area (TPSA) is 80.8 Å². The van der Waals surface area contributed by atoms with E-state index in [1.54, 1.807) is 29.8 Å². The third-order valence-corrected chi connectivity index (χ3v) is 4.96. The molecule has 0 radical (unpaired) electrons. The Bertz CT molecular complexity index is 802. The van der Waals surface area contributed by atoms with Crippen molar-refractivity contribution in [1.82, 2.24) is 30.0 Å². The van der Waals surface area contributed by atoms with E-state index in [1.807, 2.05) is 6.92 Å². The molecular formula is C16H18N6OS. The Hall–Kier alpha value is -2.19. The number of hydrogen-bond acceptors (Lipinski definition) is 8. The van der Waals surface area contributed by atoms with E-state index in [1.165, 1.54) is 6.42 Å². The van der Waals surface area contributed by atoms with Crippen molar-refractivity contribution in [3.8, 4) is 11.6 Å². The van der Waals surface area contributed by atoms with Crippen LogP contribution in [0.25, 0.3) is 11.6 Å². The summed E-state index contributed by atoms with van der Waals surface area (Å²) in [5.74, 6) is 1.58. The molecule has 124 valence electrons. The number of aromatic nitrogens is 5. The van der Waals surface area contributed by atoms with Gasteiger partial charge in [-0.3, -0.25) is 4.90 Å². The van der Waals surface area contributed by atoms with Crippen molar-refractivity contribution in [1.29, 1.82) is 0 Å². The number of nitrogens with zero attached hydrogens (tertiary/aromatic N) is 6.